The molecule has 2 fully saturated rings. The van der Waals surface area contributed by atoms with E-state index in [0.29, 0.717) is 25.7 Å². The second kappa shape index (κ2) is 14.6. The zero-order valence-corrected chi connectivity index (χ0v) is 21.0. The predicted molar refractivity (Wildman–Crippen MR) is 127 cm³/mol. The predicted octanol–water partition coefficient (Wildman–Crippen LogP) is 4.95. The first-order valence-electron chi connectivity index (χ1n) is 13.3. The Kier molecular flexibility index (Phi) is 12.6. The zero-order valence-electron chi connectivity index (χ0n) is 21.0. The van der Waals surface area contributed by atoms with Crippen LogP contribution in [0.1, 0.15) is 117 Å². The van der Waals surface area contributed by atoms with E-state index < -0.39 is 30.1 Å². The number of aliphatic carboxylic acids is 1. The molecule has 0 aromatic heterocycles. The molecule has 0 spiro atoms. The third-order valence-electron chi connectivity index (χ3n) is 6.97. The lowest BCUT2D eigenvalue weighted by molar-refractivity contribution is -0.148. The minimum Gasteiger partial charge on any atom is -0.481 e. The first-order valence-corrected chi connectivity index (χ1v) is 13.3. The maximum atomic E-state index is 10.7. The highest BCUT2D eigenvalue weighted by Crippen LogP contribution is 2.35. The third-order valence-corrected chi connectivity index (χ3v) is 6.97. The van der Waals surface area contributed by atoms with Gasteiger partial charge >= 0.3 is 5.97 Å². The minimum absolute atomic E-state index is 0.0300. The van der Waals surface area contributed by atoms with Crippen LogP contribution in [0.15, 0.2) is 0 Å². The van der Waals surface area contributed by atoms with E-state index >= 15 is 0 Å². The van der Waals surface area contributed by atoms with Crippen molar-refractivity contribution in [2.45, 2.75) is 159 Å². The van der Waals surface area contributed by atoms with Crippen molar-refractivity contribution in [3.63, 3.8) is 0 Å². The number of aliphatic hydroxyl groups excluding tert-OH is 2. The van der Waals surface area contributed by atoms with E-state index in [-0.39, 0.29) is 31.2 Å². The summed E-state index contributed by atoms with van der Waals surface area (Å²) < 4.78 is 18.2. The van der Waals surface area contributed by atoms with Gasteiger partial charge in [-0.25, -0.2) is 0 Å². The molecule has 194 valence electrons. The molecule has 6 atom stereocenters. The Morgan fingerprint density at radius 3 is 1.94 bits per heavy atom. The van der Waals surface area contributed by atoms with Crippen molar-refractivity contribution >= 4 is 5.97 Å². The Morgan fingerprint density at radius 1 is 0.848 bits per heavy atom. The van der Waals surface area contributed by atoms with Gasteiger partial charge in [0.2, 0.25) is 0 Å². The van der Waals surface area contributed by atoms with E-state index in [2.05, 4.69) is 6.92 Å². The monoisotopic (exact) mass is 472 g/mol. The lowest BCUT2D eigenvalue weighted by atomic mass is 9.97. The summed E-state index contributed by atoms with van der Waals surface area (Å²) in [5, 5.41) is 29.6. The van der Waals surface area contributed by atoms with Gasteiger partial charge in [0.25, 0.3) is 0 Å². The Hall–Kier alpha value is -0.730. The number of carboxylic acid groups (broad SMARTS) is 1. The number of ether oxygens (including phenoxy) is 3. The summed E-state index contributed by atoms with van der Waals surface area (Å²) in [7, 11) is 0. The van der Waals surface area contributed by atoms with Crippen LogP contribution in [0.2, 0.25) is 0 Å². The van der Waals surface area contributed by atoms with Gasteiger partial charge in [-0.2, -0.15) is 0 Å². The number of rotatable bonds is 17. The Morgan fingerprint density at radius 2 is 1.36 bits per heavy atom. The first-order chi connectivity index (χ1) is 15.7. The van der Waals surface area contributed by atoms with Crippen LogP contribution in [0.5, 0.6) is 0 Å². The molecule has 2 saturated heterocycles. The summed E-state index contributed by atoms with van der Waals surface area (Å²) in [5.41, 5.74) is 0. The van der Waals surface area contributed by atoms with Crippen LogP contribution in [0.4, 0.5) is 0 Å². The summed E-state index contributed by atoms with van der Waals surface area (Å²) in [4.78, 5) is 10.7. The molecular formula is C26H48O7. The third kappa shape index (κ3) is 10.6. The molecule has 0 aliphatic carbocycles. The maximum Gasteiger partial charge on any atom is 0.303 e. The van der Waals surface area contributed by atoms with Gasteiger partial charge in [-0.05, 0) is 52.4 Å². The quantitative estimate of drug-likeness (QED) is 0.257. The number of hydrogen-bond donors (Lipinski definition) is 3. The Balaban J connectivity index is 1.68. The highest BCUT2D eigenvalue weighted by Gasteiger charge is 2.41. The summed E-state index contributed by atoms with van der Waals surface area (Å²) in [6, 6.07) is 0. The fraction of sp³-hybridized carbons (Fsp3) is 0.962. The highest BCUT2D eigenvalue weighted by molar-refractivity contribution is 5.66. The topological polar surface area (TPSA) is 105 Å². The SMILES string of the molecule is CCCCCCCCCC[C@H]1OC(C)(C)O[C@@H]1CC[C@@H](O)[C@H]1CC[C@H]([C@H](O)CCC(=O)O)O1. The standard InChI is InChI=1S/C26H48O7/c1-4-5-6-7-8-9-10-11-12-23-24(33-26(2,3)32-23)15-13-19(27)21-16-17-22(31-21)20(28)14-18-25(29)30/h19-24,27-28H,4-18H2,1-3H3,(H,29,30)/t19-,20-,21-,22-,23-,24-/m1/s1. The van der Waals surface area contributed by atoms with Crippen molar-refractivity contribution in [2.75, 3.05) is 0 Å². The summed E-state index contributed by atoms with van der Waals surface area (Å²) in [6.45, 7) is 6.15. The normalized spacial score (nSPS) is 28.8. The molecule has 2 heterocycles. The van der Waals surface area contributed by atoms with Gasteiger partial charge in [0.15, 0.2) is 5.79 Å². The molecule has 7 heteroatoms. The van der Waals surface area contributed by atoms with E-state index in [0.717, 1.165) is 12.8 Å². The summed E-state index contributed by atoms with van der Waals surface area (Å²) in [6.07, 6.45) is 11.8. The molecule has 0 aromatic carbocycles. The van der Waals surface area contributed by atoms with Crippen LogP contribution in [0.25, 0.3) is 0 Å². The lowest BCUT2D eigenvalue weighted by Crippen LogP contribution is -2.32. The number of aliphatic hydroxyl groups is 2. The van der Waals surface area contributed by atoms with Crippen molar-refractivity contribution in [2.24, 2.45) is 0 Å². The van der Waals surface area contributed by atoms with Crippen molar-refractivity contribution in [3.8, 4) is 0 Å². The lowest BCUT2D eigenvalue weighted by Gasteiger charge is -2.23. The molecule has 2 aliphatic rings. The van der Waals surface area contributed by atoms with Gasteiger partial charge in [0.05, 0.1) is 36.6 Å². The van der Waals surface area contributed by atoms with Gasteiger partial charge in [-0.1, -0.05) is 58.3 Å². The minimum atomic E-state index is -0.924. The summed E-state index contributed by atoms with van der Waals surface area (Å²) >= 11 is 0. The van der Waals surface area contributed by atoms with Crippen LogP contribution in [0, 0.1) is 0 Å². The van der Waals surface area contributed by atoms with E-state index in [1.165, 1.54) is 44.9 Å². The highest BCUT2D eigenvalue weighted by atomic mass is 16.7. The molecule has 2 aliphatic heterocycles. The zero-order chi connectivity index (χ0) is 24.3. The van der Waals surface area contributed by atoms with Crippen molar-refractivity contribution in [1.82, 2.24) is 0 Å². The summed E-state index contributed by atoms with van der Waals surface area (Å²) in [5.74, 6) is -1.52. The molecule has 33 heavy (non-hydrogen) atoms. The molecule has 0 amide bonds. The molecule has 3 N–H and O–H groups in total. The van der Waals surface area contributed by atoms with E-state index in [9.17, 15) is 15.0 Å². The molecule has 7 nitrogen and oxygen atoms in total. The van der Waals surface area contributed by atoms with Crippen LogP contribution in [-0.4, -0.2) is 63.7 Å². The van der Waals surface area contributed by atoms with E-state index in [4.69, 9.17) is 19.3 Å². The van der Waals surface area contributed by atoms with E-state index in [1.807, 2.05) is 13.8 Å². The van der Waals surface area contributed by atoms with Crippen LogP contribution < -0.4 is 0 Å². The van der Waals surface area contributed by atoms with Gasteiger partial charge in [0, 0.05) is 6.42 Å². The molecule has 0 unspecified atom stereocenters. The molecule has 0 saturated carbocycles. The molecule has 0 bridgehead atoms. The van der Waals surface area contributed by atoms with Gasteiger partial charge < -0.3 is 29.5 Å². The van der Waals surface area contributed by atoms with Gasteiger partial charge in [-0.3, -0.25) is 4.79 Å². The van der Waals surface area contributed by atoms with Crippen LogP contribution in [-0.2, 0) is 19.0 Å². The molecule has 0 radical (unpaired) electrons. The number of hydrogen-bond acceptors (Lipinski definition) is 6. The Labute approximate surface area is 200 Å². The largest absolute Gasteiger partial charge is 0.481 e. The number of carboxylic acids is 1. The average molecular weight is 473 g/mol. The van der Waals surface area contributed by atoms with Crippen molar-refractivity contribution in [1.29, 1.82) is 0 Å². The van der Waals surface area contributed by atoms with Crippen molar-refractivity contribution in [3.05, 3.63) is 0 Å². The van der Waals surface area contributed by atoms with Crippen LogP contribution in [0.3, 0.4) is 0 Å². The van der Waals surface area contributed by atoms with E-state index in [1.54, 1.807) is 0 Å². The van der Waals surface area contributed by atoms with Gasteiger partial charge in [0.1, 0.15) is 0 Å². The second-order valence-corrected chi connectivity index (χ2v) is 10.4. The average Bonchev–Trinajstić information content (AvgIpc) is 3.36. The second-order valence-electron chi connectivity index (χ2n) is 10.4. The number of unbranched alkanes of at least 4 members (excludes halogenated alkanes) is 7. The fourth-order valence-corrected chi connectivity index (χ4v) is 5.11. The molecular weight excluding hydrogens is 424 g/mol. The van der Waals surface area contributed by atoms with Crippen molar-refractivity contribution < 1.29 is 34.3 Å². The fourth-order valence-electron chi connectivity index (χ4n) is 5.11. The van der Waals surface area contributed by atoms with Gasteiger partial charge in [-0.15, -0.1) is 0 Å². The smallest absolute Gasteiger partial charge is 0.303 e. The first kappa shape index (κ1) is 28.5. The Bertz CT molecular complexity index is 553. The molecule has 2 rings (SSSR count). The number of carbonyl (C=O) groups is 1. The molecule has 0 aromatic rings. The maximum absolute atomic E-state index is 10.7. The van der Waals surface area contributed by atoms with Crippen LogP contribution >= 0.6 is 0 Å².